The average Bonchev–Trinajstić information content (AvgIpc) is 2.93. The van der Waals surface area contributed by atoms with Crippen LogP contribution in [-0.2, 0) is 11.3 Å². The van der Waals surface area contributed by atoms with Gasteiger partial charge in [-0.05, 0) is 23.1 Å². The SMILES string of the molecule is COCc1ccc(C(=O)NC(c2ccccc2)C(C)(C)C)o1. The Bertz CT molecular complexity index is 611. The van der Waals surface area contributed by atoms with E-state index in [-0.39, 0.29) is 17.4 Å². The Morgan fingerprint density at radius 1 is 1.18 bits per heavy atom. The number of nitrogens with one attached hydrogen (secondary N) is 1. The Labute approximate surface area is 131 Å². The number of rotatable bonds is 5. The summed E-state index contributed by atoms with van der Waals surface area (Å²) in [5.41, 5.74) is 0.964. The fourth-order valence-corrected chi connectivity index (χ4v) is 2.37. The van der Waals surface area contributed by atoms with E-state index >= 15 is 0 Å². The van der Waals surface area contributed by atoms with Crippen molar-refractivity contribution >= 4 is 5.91 Å². The monoisotopic (exact) mass is 301 g/mol. The summed E-state index contributed by atoms with van der Waals surface area (Å²) in [6.07, 6.45) is 0. The number of hydrogen-bond acceptors (Lipinski definition) is 3. The molecule has 1 heterocycles. The number of carbonyl (C=O) groups excluding carboxylic acids is 1. The molecule has 1 atom stereocenters. The molecule has 0 spiro atoms. The van der Waals surface area contributed by atoms with Crippen LogP contribution in [0.2, 0.25) is 0 Å². The highest BCUT2D eigenvalue weighted by Gasteiger charge is 2.28. The van der Waals surface area contributed by atoms with E-state index in [1.165, 1.54) is 0 Å². The van der Waals surface area contributed by atoms with Gasteiger partial charge in [0.2, 0.25) is 0 Å². The van der Waals surface area contributed by atoms with Gasteiger partial charge in [0.15, 0.2) is 5.76 Å². The number of benzene rings is 1. The second-order valence-electron chi connectivity index (χ2n) is 6.38. The van der Waals surface area contributed by atoms with E-state index in [9.17, 15) is 4.79 Å². The molecule has 0 fully saturated rings. The predicted molar refractivity (Wildman–Crippen MR) is 85.5 cm³/mol. The third-order valence-corrected chi connectivity index (χ3v) is 3.45. The molecule has 0 aliphatic rings. The molecule has 1 aromatic carbocycles. The van der Waals surface area contributed by atoms with E-state index in [0.29, 0.717) is 18.1 Å². The van der Waals surface area contributed by atoms with Gasteiger partial charge in [0.25, 0.3) is 5.91 Å². The molecule has 1 unspecified atom stereocenters. The van der Waals surface area contributed by atoms with Crippen LogP contribution in [0, 0.1) is 5.41 Å². The zero-order valence-electron chi connectivity index (χ0n) is 13.6. The second kappa shape index (κ2) is 6.79. The number of amides is 1. The number of hydrogen-bond donors (Lipinski definition) is 1. The molecule has 1 amide bonds. The van der Waals surface area contributed by atoms with Crippen LogP contribution in [0.4, 0.5) is 0 Å². The smallest absolute Gasteiger partial charge is 0.287 e. The molecule has 118 valence electrons. The molecular formula is C18H23NO3. The lowest BCUT2D eigenvalue weighted by atomic mass is 9.82. The molecule has 0 bridgehead atoms. The van der Waals surface area contributed by atoms with Crippen molar-refractivity contribution in [2.45, 2.75) is 33.4 Å². The summed E-state index contributed by atoms with van der Waals surface area (Å²) in [6, 6.07) is 13.3. The van der Waals surface area contributed by atoms with Gasteiger partial charge in [-0.3, -0.25) is 4.79 Å². The fraction of sp³-hybridized carbons (Fsp3) is 0.389. The Kier molecular flexibility index (Phi) is 5.03. The van der Waals surface area contributed by atoms with Crippen molar-refractivity contribution < 1.29 is 13.9 Å². The van der Waals surface area contributed by atoms with Crippen molar-refractivity contribution in [3.05, 3.63) is 59.5 Å². The van der Waals surface area contributed by atoms with Crippen LogP contribution in [0.15, 0.2) is 46.9 Å². The van der Waals surface area contributed by atoms with Crippen LogP contribution in [0.5, 0.6) is 0 Å². The minimum absolute atomic E-state index is 0.0998. The highest BCUT2D eigenvalue weighted by Crippen LogP contribution is 2.32. The van der Waals surface area contributed by atoms with E-state index in [2.05, 4.69) is 26.1 Å². The lowest BCUT2D eigenvalue weighted by Gasteiger charge is -2.31. The van der Waals surface area contributed by atoms with Crippen LogP contribution in [-0.4, -0.2) is 13.0 Å². The third-order valence-electron chi connectivity index (χ3n) is 3.45. The Balaban J connectivity index is 2.18. The van der Waals surface area contributed by atoms with E-state index in [4.69, 9.17) is 9.15 Å². The number of methoxy groups -OCH3 is 1. The van der Waals surface area contributed by atoms with E-state index in [0.717, 1.165) is 5.56 Å². The standard InChI is InChI=1S/C18H23NO3/c1-18(2,3)16(13-8-6-5-7-9-13)19-17(20)15-11-10-14(22-15)12-21-4/h5-11,16H,12H2,1-4H3,(H,19,20). The molecule has 4 nitrogen and oxygen atoms in total. The van der Waals surface area contributed by atoms with Gasteiger partial charge in [0.1, 0.15) is 12.4 Å². The van der Waals surface area contributed by atoms with Gasteiger partial charge in [-0.2, -0.15) is 0 Å². The first-order valence-corrected chi connectivity index (χ1v) is 7.35. The molecule has 22 heavy (non-hydrogen) atoms. The van der Waals surface area contributed by atoms with E-state index in [1.807, 2.05) is 30.3 Å². The Hall–Kier alpha value is -2.07. The van der Waals surface area contributed by atoms with Gasteiger partial charge in [-0.15, -0.1) is 0 Å². The van der Waals surface area contributed by atoms with Gasteiger partial charge in [-0.1, -0.05) is 51.1 Å². The average molecular weight is 301 g/mol. The lowest BCUT2D eigenvalue weighted by molar-refractivity contribution is 0.0865. The van der Waals surface area contributed by atoms with Gasteiger partial charge in [0.05, 0.1) is 6.04 Å². The topological polar surface area (TPSA) is 51.5 Å². The zero-order chi connectivity index (χ0) is 16.2. The molecule has 0 saturated carbocycles. The zero-order valence-corrected chi connectivity index (χ0v) is 13.6. The van der Waals surface area contributed by atoms with Crippen molar-refractivity contribution in [2.24, 2.45) is 5.41 Å². The van der Waals surface area contributed by atoms with Crippen molar-refractivity contribution in [2.75, 3.05) is 7.11 Å². The molecular weight excluding hydrogens is 278 g/mol. The highest BCUT2D eigenvalue weighted by molar-refractivity contribution is 5.91. The molecule has 1 N–H and O–H groups in total. The van der Waals surface area contributed by atoms with E-state index < -0.39 is 0 Å². The summed E-state index contributed by atoms with van der Waals surface area (Å²) >= 11 is 0. The lowest BCUT2D eigenvalue weighted by Crippen LogP contribution is -2.36. The number of carbonyl (C=O) groups is 1. The molecule has 4 heteroatoms. The van der Waals surface area contributed by atoms with Gasteiger partial charge in [0, 0.05) is 7.11 Å². The second-order valence-corrected chi connectivity index (χ2v) is 6.38. The highest BCUT2D eigenvalue weighted by atomic mass is 16.5. The molecule has 2 rings (SSSR count). The van der Waals surface area contributed by atoms with Crippen molar-refractivity contribution in [3.8, 4) is 0 Å². The maximum atomic E-state index is 12.4. The number of furan rings is 1. The third kappa shape index (κ3) is 3.98. The minimum atomic E-state index is -0.217. The molecule has 2 aromatic rings. The summed E-state index contributed by atoms with van der Waals surface area (Å²) in [4.78, 5) is 12.4. The van der Waals surface area contributed by atoms with Crippen molar-refractivity contribution in [1.29, 1.82) is 0 Å². The first-order valence-electron chi connectivity index (χ1n) is 7.35. The first kappa shape index (κ1) is 16.3. The molecule has 0 radical (unpaired) electrons. The summed E-state index contributed by atoms with van der Waals surface area (Å²) in [5.74, 6) is 0.725. The summed E-state index contributed by atoms with van der Waals surface area (Å²) in [5, 5.41) is 3.07. The molecule has 0 aliphatic carbocycles. The first-order chi connectivity index (χ1) is 10.4. The molecule has 0 aliphatic heterocycles. The normalized spacial score (nSPS) is 12.9. The van der Waals surface area contributed by atoms with Crippen molar-refractivity contribution in [1.82, 2.24) is 5.32 Å². The van der Waals surface area contributed by atoms with Crippen LogP contribution >= 0.6 is 0 Å². The van der Waals surface area contributed by atoms with Crippen LogP contribution < -0.4 is 5.32 Å². The fourth-order valence-electron chi connectivity index (χ4n) is 2.37. The van der Waals surface area contributed by atoms with Gasteiger partial charge in [-0.25, -0.2) is 0 Å². The summed E-state index contributed by atoms with van der Waals surface area (Å²) in [6.45, 7) is 6.66. The van der Waals surface area contributed by atoms with Crippen LogP contribution in [0.3, 0.4) is 0 Å². The summed E-state index contributed by atoms with van der Waals surface area (Å²) in [7, 11) is 1.59. The van der Waals surface area contributed by atoms with Gasteiger partial charge >= 0.3 is 0 Å². The van der Waals surface area contributed by atoms with Crippen LogP contribution in [0.25, 0.3) is 0 Å². The maximum absolute atomic E-state index is 12.4. The number of ether oxygens (including phenoxy) is 1. The molecule has 0 saturated heterocycles. The van der Waals surface area contributed by atoms with E-state index in [1.54, 1.807) is 19.2 Å². The quantitative estimate of drug-likeness (QED) is 0.910. The predicted octanol–water partition coefficient (Wildman–Crippen LogP) is 3.94. The largest absolute Gasteiger partial charge is 0.453 e. The Morgan fingerprint density at radius 2 is 1.86 bits per heavy atom. The van der Waals surface area contributed by atoms with Crippen LogP contribution in [0.1, 0.15) is 48.7 Å². The molecule has 1 aromatic heterocycles. The Morgan fingerprint density at radius 3 is 2.45 bits per heavy atom. The minimum Gasteiger partial charge on any atom is -0.453 e. The maximum Gasteiger partial charge on any atom is 0.287 e. The van der Waals surface area contributed by atoms with Crippen molar-refractivity contribution in [3.63, 3.8) is 0 Å². The summed E-state index contributed by atoms with van der Waals surface area (Å²) < 4.78 is 10.5. The van der Waals surface area contributed by atoms with Gasteiger partial charge < -0.3 is 14.5 Å².